The van der Waals surface area contributed by atoms with Gasteiger partial charge in [0, 0.05) is 5.56 Å². The molecular weight excluding hydrogens is 372 g/mol. The van der Waals surface area contributed by atoms with E-state index in [4.69, 9.17) is 13.9 Å². The summed E-state index contributed by atoms with van der Waals surface area (Å²) in [6.07, 6.45) is 0. The lowest BCUT2D eigenvalue weighted by atomic mass is 10.2. The van der Waals surface area contributed by atoms with E-state index in [1.807, 2.05) is 30.3 Å². The third-order valence-electron chi connectivity index (χ3n) is 3.88. The maximum absolute atomic E-state index is 12.7. The molecule has 0 amide bonds. The fourth-order valence-corrected chi connectivity index (χ4v) is 2.53. The Bertz CT molecular complexity index is 956. The van der Waals surface area contributed by atoms with Gasteiger partial charge in [0.15, 0.2) is 11.5 Å². The number of methoxy groups -OCH3 is 1. The first-order valence-electron chi connectivity index (χ1n) is 8.30. The maximum Gasteiger partial charge on any atom is 0.387 e. The second-order valence-corrected chi connectivity index (χ2v) is 5.68. The number of esters is 1. The fraction of sp³-hybridized carbons (Fsp3) is 0.200. The van der Waals surface area contributed by atoms with Crippen molar-refractivity contribution in [3.63, 3.8) is 0 Å². The van der Waals surface area contributed by atoms with Gasteiger partial charge < -0.3 is 18.6 Å². The van der Waals surface area contributed by atoms with Crippen LogP contribution in [0.4, 0.5) is 8.78 Å². The molecule has 0 atom stereocenters. The number of hydrogen-bond acceptors (Lipinski definition) is 6. The summed E-state index contributed by atoms with van der Waals surface area (Å²) >= 11 is 0. The minimum atomic E-state index is -3.12. The number of aromatic nitrogens is 1. The van der Waals surface area contributed by atoms with Crippen molar-refractivity contribution in [2.24, 2.45) is 0 Å². The van der Waals surface area contributed by atoms with E-state index in [1.165, 1.54) is 25.3 Å². The average Bonchev–Trinajstić information content (AvgIpc) is 3.07. The molecule has 0 aliphatic carbocycles. The number of rotatable bonds is 7. The van der Waals surface area contributed by atoms with Gasteiger partial charge in [-0.3, -0.25) is 0 Å². The van der Waals surface area contributed by atoms with Crippen molar-refractivity contribution >= 4 is 5.97 Å². The number of hydrogen-bond donors (Lipinski definition) is 0. The lowest BCUT2D eigenvalue weighted by molar-refractivity contribution is -0.0518. The van der Waals surface area contributed by atoms with Crippen LogP contribution < -0.4 is 9.47 Å². The van der Waals surface area contributed by atoms with Crippen LogP contribution in [0.25, 0.3) is 11.5 Å². The van der Waals surface area contributed by atoms with Crippen LogP contribution in [-0.4, -0.2) is 24.7 Å². The number of alkyl halides is 2. The minimum Gasteiger partial charge on any atom is -0.493 e. The largest absolute Gasteiger partial charge is 0.493 e. The first-order chi connectivity index (χ1) is 13.5. The summed E-state index contributed by atoms with van der Waals surface area (Å²) in [4.78, 5) is 16.7. The molecule has 0 spiro atoms. The normalized spacial score (nSPS) is 10.8. The highest BCUT2D eigenvalue weighted by atomic mass is 19.3. The Morgan fingerprint density at radius 3 is 2.57 bits per heavy atom. The van der Waals surface area contributed by atoms with Gasteiger partial charge in [0.2, 0.25) is 5.89 Å². The molecule has 0 aliphatic rings. The fourth-order valence-electron chi connectivity index (χ4n) is 2.53. The van der Waals surface area contributed by atoms with E-state index in [0.29, 0.717) is 17.3 Å². The number of carbonyl (C=O) groups is 1. The van der Waals surface area contributed by atoms with Crippen molar-refractivity contribution in [3.8, 4) is 23.0 Å². The van der Waals surface area contributed by atoms with Gasteiger partial charge in [-0.25, -0.2) is 9.78 Å². The highest BCUT2D eigenvalue weighted by Gasteiger charge is 2.22. The van der Waals surface area contributed by atoms with Gasteiger partial charge in [0.25, 0.3) is 0 Å². The van der Waals surface area contributed by atoms with E-state index < -0.39 is 12.6 Å². The first kappa shape index (κ1) is 19.3. The zero-order valence-electron chi connectivity index (χ0n) is 15.1. The zero-order chi connectivity index (χ0) is 20.1. The summed E-state index contributed by atoms with van der Waals surface area (Å²) in [7, 11) is 1.28. The molecule has 0 radical (unpaired) electrons. The van der Waals surface area contributed by atoms with Crippen LogP contribution in [0.3, 0.4) is 0 Å². The third-order valence-corrected chi connectivity index (χ3v) is 3.88. The number of para-hydroxylation sites is 1. The van der Waals surface area contributed by atoms with Gasteiger partial charge in [-0.1, -0.05) is 24.3 Å². The maximum atomic E-state index is 12.7. The lowest BCUT2D eigenvalue weighted by Crippen LogP contribution is -2.12. The van der Waals surface area contributed by atoms with Gasteiger partial charge >= 0.3 is 12.6 Å². The van der Waals surface area contributed by atoms with Crippen LogP contribution in [0.15, 0.2) is 52.9 Å². The van der Waals surface area contributed by atoms with Crippen LogP contribution in [0, 0.1) is 6.92 Å². The average molecular weight is 389 g/mol. The molecule has 3 rings (SSSR count). The van der Waals surface area contributed by atoms with Crippen molar-refractivity contribution in [1.29, 1.82) is 0 Å². The number of benzene rings is 2. The van der Waals surface area contributed by atoms with Gasteiger partial charge in [-0.05, 0) is 31.2 Å². The standard InChI is InChI=1S/C20H17F2NO5/c1-12-15(23-18(27-12)13-7-4-3-5-8-13)11-26-19(24)14-9-6-10-16(25-2)17(14)28-20(21)22/h3-10,20H,11H2,1-2H3. The zero-order valence-corrected chi connectivity index (χ0v) is 15.1. The molecule has 3 aromatic rings. The van der Waals surface area contributed by atoms with E-state index >= 15 is 0 Å². The molecule has 28 heavy (non-hydrogen) atoms. The van der Waals surface area contributed by atoms with Gasteiger partial charge in [-0.15, -0.1) is 0 Å². The van der Waals surface area contributed by atoms with Crippen LogP contribution in [0.1, 0.15) is 21.8 Å². The Morgan fingerprint density at radius 1 is 1.14 bits per heavy atom. The Kier molecular flexibility index (Phi) is 5.88. The van der Waals surface area contributed by atoms with Crippen molar-refractivity contribution < 1.29 is 32.2 Å². The highest BCUT2D eigenvalue weighted by molar-refractivity contribution is 5.93. The van der Waals surface area contributed by atoms with Crippen molar-refractivity contribution in [2.45, 2.75) is 20.1 Å². The first-order valence-corrected chi connectivity index (χ1v) is 8.30. The van der Waals surface area contributed by atoms with Gasteiger partial charge in [-0.2, -0.15) is 8.78 Å². The molecule has 1 aromatic heterocycles. The van der Waals surface area contributed by atoms with E-state index in [9.17, 15) is 13.6 Å². The second kappa shape index (κ2) is 8.51. The molecule has 146 valence electrons. The van der Waals surface area contributed by atoms with Gasteiger partial charge in [0.1, 0.15) is 23.6 Å². The molecule has 0 unspecified atom stereocenters. The number of ether oxygens (including phenoxy) is 3. The number of carbonyl (C=O) groups excluding carboxylic acids is 1. The smallest absolute Gasteiger partial charge is 0.387 e. The molecule has 0 fully saturated rings. The SMILES string of the molecule is COc1cccc(C(=O)OCc2nc(-c3ccccc3)oc2C)c1OC(F)F. The number of nitrogens with zero attached hydrogens (tertiary/aromatic N) is 1. The third kappa shape index (κ3) is 4.28. The van der Waals surface area contributed by atoms with Crippen LogP contribution >= 0.6 is 0 Å². The van der Waals surface area contributed by atoms with E-state index in [2.05, 4.69) is 9.72 Å². The van der Waals surface area contributed by atoms with Gasteiger partial charge in [0.05, 0.1) is 7.11 Å². The monoisotopic (exact) mass is 389 g/mol. The quantitative estimate of drug-likeness (QED) is 0.549. The summed E-state index contributed by atoms with van der Waals surface area (Å²) in [6.45, 7) is -1.61. The second-order valence-electron chi connectivity index (χ2n) is 5.68. The molecule has 0 aliphatic heterocycles. The van der Waals surface area contributed by atoms with Crippen LogP contribution in [0.5, 0.6) is 11.5 Å². The van der Waals surface area contributed by atoms with E-state index in [-0.39, 0.29) is 23.7 Å². The molecule has 0 saturated heterocycles. The van der Waals surface area contributed by atoms with Crippen molar-refractivity contribution in [3.05, 3.63) is 65.5 Å². The van der Waals surface area contributed by atoms with E-state index in [1.54, 1.807) is 6.92 Å². The summed E-state index contributed by atoms with van der Waals surface area (Å²) in [5.74, 6) is -0.350. The predicted octanol–water partition coefficient (Wildman–Crippen LogP) is 4.62. The topological polar surface area (TPSA) is 70.8 Å². The Hall–Kier alpha value is -3.42. The lowest BCUT2D eigenvalue weighted by Gasteiger charge is -2.13. The Morgan fingerprint density at radius 2 is 1.89 bits per heavy atom. The Balaban J connectivity index is 1.77. The molecule has 0 N–H and O–H groups in total. The van der Waals surface area contributed by atoms with Crippen LogP contribution in [0.2, 0.25) is 0 Å². The molecule has 8 heteroatoms. The van der Waals surface area contributed by atoms with Crippen molar-refractivity contribution in [1.82, 2.24) is 4.98 Å². The minimum absolute atomic E-state index is 0.00118. The predicted molar refractivity (Wildman–Crippen MR) is 95.4 cm³/mol. The summed E-state index contributed by atoms with van der Waals surface area (Å²) in [5.41, 5.74) is 1.03. The molecule has 0 bridgehead atoms. The summed E-state index contributed by atoms with van der Waals surface area (Å²) < 4.78 is 45.6. The summed E-state index contributed by atoms with van der Waals surface area (Å²) in [6, 6.07) is 13.4. The van der Waals surface area contributed by atoms with Crippen molar-refractivity contribution in [2.75, 3.05) is 7.11 Å². The number of oxazole rings is 1. The summed E-state index contributed by atoms with van der Waals surface area (Å²) in [5, 5.41) is 0. The number of aryl methyl sites for hydroxylation is 1. The Labute approximate surface area is 159 Å². The van der Waals surface area contributed by atoms with Crippen LogP contribution in [-0.2, 0) is 11.3 Å². The molecule has 1 heterocycles. The molecule has 6 nitrogen and oxygen atoms in total. The molecule has 2 aromatic carbocycles. The molecule has 0 saturated carbocycles. The highest BCUT2D eigenvalue weighted by Crippen LogP contribution is 2.33. The molecular formula is C20H17F2NO5. The number of halogens is 2. The van der Waals surface area contributed by atoms with E-state index in [0.717, 1.165) is 5.56 Å².